The van der Waals surface area contributed by atoms with Gasteiger partial charge in [0.25, 0.3) is 0 Å². The molecule has 0 radical (unpaired) electrons. The number of ketones is 1. The fourth-order valence-corrected chi connectivity index (χ4v) is 5.96. The minimum atomic E-state index is 0.258. The molecule has 0 aromatic rings. The first-order valence-electron chi connectivity index (χ1n) is 7.84. The summed E-state index contributed by atoms with van der Waals surface area (Å²) in [5.74, 6) is 3.30. The monoisotopic (exact) mass is 246 g/mol. The molecule has 0 aromatic carbocycles. The molecule has 3 fully saturated rings. The van der Waals surface area contributed by atoms with Crippen LogP contribution in [0.1, 0.15) is 51.9 Å². The Morgan fingerprint density at radius 3 is 3.17 bits per heavy atom. The van der Waals surface area contributed by atoms with Crippen LogP contribution in [0.25, 0.3) is 0 Å². The van der Waals surface area contributed by atoms with E-state index in [-0.39, 0.29) is 5.54 Å². The maximum Gasteiger partial charge on any atom is 0.175 e. The van der Waals surface area contributed by atoms with Gasteiger partial charge < -0.3 is 0 Å². The summed E-state index contributed by atoms with van der Waals surface area (Å²) in [5, 5.41) is 0. The number of Topliss-reactive ketones (excluding diaryl/α,β-unsaturated/α-hetero) is 1. The third kappa shape index (κ3) is 1.24. The van der Waals surface area contributed by atoms with Crippen LogP contribution >= 0.6 is 0 Å². The van der Waals surface area contributed by atoms with Crippen molar-refractivity contribution in [3.8, 4) is 0 Å². The highest BCUT2D eigenvalue weighted by atomic mass is 16.1. The molecule has 0 N–H and O–H groups in total. The molecule has 1 saturated heterocycles. The van der Waals surface area contributed by atoms with Gasteiger partial charge in [-0.1, -0.05) is 6.92 Å². The van der Waals surface area contributed by atoms with Gasteiger partial charge in [-0.25, -0.2) is 4.58 Å². The van der Waals surface area contributed by atoms with Crippen molar-refractivity contribution in [3.05, 3.63) is 0 Å². The molecule has 2 nitrogen and oxygen atoms in total. The van der Waals surface area contributed by atoms with Crippen LogP contribution in [0, 0.1) is 23.7 Å². The van der Waals surface area contributed by atoms with Gasteiger partial charge in [0, 0.05) is 31.6 Å². The zero-order valence-corrected chi connectivity index (χ0v) is 11.4. The van der Waals surface area contributed by atoms with E-state index in [1.54, 1.807) is 0 Å². The third-order valence-electron chi connectivity index (χ3n) is 6.30. The Kier molecular flexibility index (Phi) is 2.29. The van der Waals surface area contributed by atoms with E-state index in [0.29, 0.717) is 17.6 Å². The second-order valence-electron chi connectivity index (χ2n) is 7.22. The number of hydrogen-bond acceptors (Lipinski definition) is 1. The van der Waals surface area contributed by atoms with Crippen molar-refractivity contribution in [3.63, 3.8) is 0 Å². The van der Waals surface area contributed by atoms with Gasteiger partial charge in [0.05, 0.1) is 5.92 Å². The zero-order valence-electron chi connectivity index (χ0n) is 11.4. The lowest BCUT2D eigenvalue weighted by Crippen LogP contribution is -2.68. The molecule has 0 amide bonds. The highest BCUT2D eigenvalue weighted by Gasteiger charge is 2.66. The number of hydrogen-bond donors (Lipinski definition) is 0. The average Bonchev–Trinajstić information content (AvgIpc) is 2.33. The number of rotatable bonds is 0. The number of nitrogens with zero attached hydrogens (tertiary/aromatic N) is 1. The van der Waals surface area contributed by atoms with Gasteiger partial charge in [-0.05, 0) is 31.1 Å². The first kappa shape index (κ1) is 11.2. The fraction of sp³-hybridized carbons (Fsp3) is 0.875. The van der Waals surface area contributed by atoms with Crippen molar-refractivity contribution in [1.82, 2.24) is 0 Å². The number of carbonyl (C=O) groups is 1. The Morgan fingerprint density at radius 1 is 1.39 bits per heavy atom. The summed E-state index contributed by atoms with van der Waals surface area (Å²) < 4.78 is 2.63. The largest absolute Gasteiger partial charge is 0.299 e. The summed E-state index contributed by atoms with van der Waals surface area (Å²) in [4.78, 5) is 12.5. The highest BCUT2D eigenvalue weighted by molar-refractivity contribution is 5.84. The SMILES string of the molecule is C[C@@H]1C[C@H]2CC(=O)[C@H]3CCC[N+]4=CCC[C@H]2[C@]34C1. The van der Waals surface area contributed by atoms with Crippen LogP contribution in [0.2, 0.25) is 0 Å². The second-order valence-corrected chi connectivity index (χ2v) is 7.22. The Balaban J connectivity index is 1.88. The fourth-order valence-electron chi connectivity index (χ4n) is 5.96. The van der Waals surface area contributed by atoms with E-state index in [1.807, 2.05) is 0 Å². The van der Waals surface area contributed by atoms with Crippen molar-refractivity contribution in [2.75, 3.05) is 6.54 Å². The molecule has 98 valence electrons. The summed E-state index contributed by atoms with van der Waals surface area (Å²) in [5.41, 5.74) is 0.258. The van der Waals surface area contributed by atoms with Crippen LogP contribution in [0.5, 0.6) is 0 Å². The van der Waals surface area contributed by atoms with Crippen molar-refractivity contribution < 1.29 is 9.37 Å². The molecular weight excluding hydrogens is 222 g/mol. The van der Waals surface area contributed by atoms with Crippen molar-refractivity contribution in [2.24, 2.45) is 23.7 Å². The smallest absolute Gasteiger partial charge is 0.175 e. The second kappa shape index (κ2) is 3.68. The number of carbonyl (C=O) groups excluding carboxylic acids is 1. The van der Waals surface area contributed by atoms with Crippen LogP contribution in [0.15, 0.2) is 0 Å². The molecule has 2 bridgehead atoms. The molecule has 2 saturated carbocycles. The van der Waals surface area contributed by atoms with Gasteiger partial charge in [-0.15, -0.1) is 0 Å². The average molecular weight is 246 g/mol. The molecule has 2 heterocycles. The van der Waals surface area contributed by atoms with Crippen LogP contribution in [-0.2, 0) is 4.79 Å². The van der Waals surface area contributed by atoms with E-state index in [0.717, 1.165) is 18.3 Å². The Morgan fingerprint density at radius 2 is 2.28 bits per heavy atom. The summed E-state index contributed by atoms with van der Waals surface area (Å²) >= 11 is 0. The Hall–Kier alpha value is -0.660. The van der Waals surface area contributed by atoms with Gasteiger partial charge in [0.2, 0.25) is 0 Å². The van der Waals surface area contributed by atoms with Gasteiger partial charge in [0.1, 0.15) is 18.5 Å². The highest BCUT2D eigenvalue weighted by Crippen LogP contribution is 2.57. The Bertz CT molecular complexity index is 427. The molecule has 5 atom stereocenters. The molecule has 1 spiro atoms. The van der Waals surface area contributed by atoms with Crippen molar-refractivity contribution >= 4 is 12.0 Å². The third-order valence-corrected chi connectivity index (χ3v) is 6.30. The van der Waals surface area contributed by atoms with E-state index < -0.39 is 0 Å². The minimum absolute atomic E-state index is 0.258. The van der Waals surface area contributed by atoms with Gasteiger partial charge in [0.15, 0.2) is 5.54 Å². The molecular formula is C16H24NO+. The maximum absolute atomic E-state index is 12.5. The first-order chi connectivity index (χ1) is 8.72. The number of piperidine rings is 1. The lowest BCUT2D eigenvalue weighted by Gasteiger charge is -2.56. The predicted octanol–water partition coefficient (Wildman–Crippen LogP) is 2.65. The minimum Gasteiger partial charge on any atom is -0.299 e. The van der Waals surface area contributed by atoms with Crippen LogP contribution in [0.3, 0.4) is 0 Å². The normalized spacial score (nSPS) is 50.5. The molecule has 2 aliphatic carbocycles. The van der Waals surface area contributed by atoms with Gasteiger partial charge in [-0.3, -0.25) is 4.79 Å². The van der Waals surface area contributed by atoms with Gasteiger partial charge in [-0.2, -0.15) is 0 Å². The van der Waals surface area contributed by atoms with Crippen LogP contribution in [0.4, 0.5) is 0 Å². The van der Waals surface area contributed by atoms with E-state index in [4.69, 9.17) is 0 Å². The van der Waals surface area contributed by atoms with Crippen LogP contribution in [-0.4, -0.2) is 28.7 Å². The molecule has 2 aliphatic heterocycles. The molecule has 0 unspecified atom stereocenters. The molecule has 2 heteroatoms. The summed E-state index contributed by atoms with van der Waals surface area (Å²) in [6, 6.07) is 0. The predicted molar refractivity (Wildman–Crippen MR) is 70.9 cm³/mol. The van der Waals surface area contributed by atoms with Gasteiger partial charge >= 0.3 is 0 Å². The van der Waals surface area contributed by atoms with E-state index in [2.05, 4.69) is 17.7 Å². The molecule has 0 aromatic heterocycles. The molecule has 4 rings (SSSR count). The van der Waals surface area contributed by atoms with E-state index in [9.17, 15) is 4.79 Å². The standard InChI is InChI=1S/C16H24NO/c1-11-8-12-9-15(18)14-5-3-7-17-6-2-4-13(12)16(14,17)10-11/h6,11-14H,2-5,7-10H2,1H3/q+1/t11-,12+,13-,14-,16-/m1/s1. The summed E-state index contributed by atoms with van der Waals surface area (Å²) in [6.07, 6.45) is 10.9. The van der Waals surface area contributed by atoms with Crippen LogP contribution < -0.4 is 0 Å². The molecule has 4 aliphatic rings. The van der Waals surface area contributed by atoms with Crippen molar-refractivity contribution in [1.29, 1.82) is 0 Å². The summed E-state index contributed by atoms with van der Waals surface area (Å²) in [7, 11) is 0. The zero-order chi connectivity index (χ0) is 12.3. The first-order valence-corrected chi connectivity index (χ1v) is 7.84. The summed E-state index contributed by atoms with van der Waals surface area (Å²) in [6.45, 7) is 3.62. The van der Waals surface area contributed by atoms with Crippen molar-refractivity contribution in [2.45, 2.75) is 57.4 Å². The topological polar surface area (TPSA) is 20.1 Å². The van der Waals surface area contributed by atoms with E-state index >= 15 is 0 Å². The molecule has 18 heavy (non-hydrogen) atoms. The maximum atomic E-state index is 12.5. The lowest BCUT2D eigenvalue weighted by molar-refractivity contribution is -0.647. The lowest BCUT2D eigenvalue weighted by atomic mass is 9.49. The Labute approximate surface area is 109 Å². The quantitative estimate of drug-likeness (QED) is 0.602. The van der Waals surface area contributed by atoms with E-state index in [1.165, 1.54) is 45.1 Å².